The quantitative estimate of drug-likeness (QED) is 0.829. The normalized spacial score (nSPS) is 18.3. The van der Waals surface area contributed by atoms with Gasteiger partial charge in [-0.1, -0.05) is 36.2 Å². The average molecular weight is 352 g/mol. The van der Waals surface area contributed by atoms with Crippen molar-refractivity contribution in [3.05, 3.63) is 51.4 Å². The third kappa shape index (κ3) is 3.77. The lowest BCUT2D eigenvalue weighted by atomic mass is 10.1. The SMILES string of the molecule is CCc1cc(N2CCO[C@H](c3ccc(Cl)c(Cl)c3)C2)nc(C)n1. The average Bonchev–Trinajstić information content (AvgIpc) is 2.57. The number of benzene rings is 1. The predicted molar refractivity (Wildman–Crippen MR) is 93.5 cm³/mol. The minimum atomic E-state index is -0.0427. The molecule has 3 rings (SSSR count). The van der Waals surface area contributed by atoms with E-state index < -0.39 is 0 Å². The Hall–Kier alpha value is -1.36. The molecule has 0 saturated carbocycles. The summed E-state index contributed by atoms with van der Waals surface area (Å²) >= 11 is 12.1. The van der Waals surface area contributed by atoms with Crippen LogP contribution < -0.4 is 4.90 Å². The molecule has 0 spiro atoms. The number of morpholine rings is 1. The monoisotopic (exact) mass is 351 g/mol. The van der Waals surface area contributed by atoms with Crippen molar-refractivity contribution >= 4 is 29.0 Å². The van der Waals surface area contributed by atoms with Gasteiger partial charge in [0.25, 0.3) is 0 Å². The molecule has 4 nitrogen and oxygen atoms in total. The Labute approximate surface area is 146 Å². The second-order valence-electron chi connectivity index (χ2n) is 5.60. The highest BCUT2D eigenvalue weighted by atomic mass is 35.5. The summed E-state index contributed by atoms with van der Waals surface area (Å²) in [7, 11) is 0. The first-order valence-electron chi connectivity index (χ1n) is 7.73. The Bertz CT molecular complexity index is 708. The standard InChI is InChI=1S/C17H19Cl2N3O/c1-3-13-9-17(21-11(2)20-13)22-6-7-23-16(10-22)12-4-5-14(18)15(19)8-12/h4-5,8-9,16H,3,6-7,10H2,1-2H3/t16-/m0/s1. The molecule has 1 atom stereocenters. The van der Waals surface area contributed by atoms with Crippen LogP contribution in [0.5, 0.6) is 0 Å². The zero-order valence-electron chi connectivity index (χ0n) is 13.2. The lowest BCUT2D eigenvalue weighted by Gasteiger charge is -2.34. The Balaban J connectivity index is 1.83. The van der Waals surface area contributed by atoms with Gasteiger partial charge in [-0.2, -0.15) is 0 Å². The Morgan fingerprint density at radius 1 is 1.22 bits per heavy atom. The van der Waals surface area contributed by atoms with Gasteiger partial charge in [-0.15, -0.1) is 0 Å². The molecular weight excluding hydrogens is 333 g/mol. The van der Waals surface area contributed by atoms with Gasteiger partial charge in [0, 0.05) is 24.8 Å². The molecule has 2 aromatic rings. The smallest absolute Gasteiger partial charge is 0.132 e. The van der Waals surface area contributed by atoms with E-state index >= 15 is 0 Å². The second kappa shape index (κ2) is 7.04. The zero-order chi connectivity index (χ0) is 16.4. The van der Waals surface area contributed by atoms with Crippen LogP contribution in [-0.2, 0) is 11.2 Å². The van der Waals surface area contributed by atoms with Crippen LogP contribution in [0, 0.1) is 6.92 Å². The Morgan fingerprint density at radius 3 is 2.78 bits per heavy atom. The van der Waals surface area contributed by atoms with E-state index in [0.717, 1.165) is 42.4 Å². The molecule has 0 unspecified atom stereocenters. The maximum atomic E-state index is 6.13. The maximum Gasteiger partial charge on any atom is 0.132 e. The first-order valence-corrected chi connectivity index (χ1v) is 8.48. The highest BCUT2D eigenvalue weighted by molar-refractivity contribution is 6.42. The molecule has 0 amide bonds. The molecule has 0 bridgehead atoms. The van der Waals surface area contributed by atoms with Crippen LogP contribution in [0.25, 0.3) is 0 Å². The summed E-state index contributed by atoms with van der Waals surface area (Å²) in [5.41, 5.74) is 2.09. The van der Waals surface area contributed by atoms with Crippen molar-refractivity contribution in [3.8, 4) is 0 Å². The van der Waals surface area contributed by atoms with Crippen molar-refractivity contribution < 1.29 is 4.74 Å². The number of hydrogen-bond donors (Lipinski definition) is 0. The fourth-order valence-electron chi connectivity index (χ4n) is 2.73. The summed E-state index contributed by atoms with van der Waals surface area (Å²) < 4.78 is 5.91. The first kappa shape index (κ1) is 16.5. The molecule has 122 valence electrons. The van der Waals surface area contributed by atoms with E-state index in [9.17, 15) is 0 Å². The number of nitrogens with zero attached hydrogens (tertiary/aromatic N) is 3. The zero-order valence-corrected chi connectivity index (χ0v) is 14.7. The number of rotatable bonds is 3. The van der Waals surface area contributed by atoms with Crippen molar-refractivity contribution in [2.75, 3.05) is 24.6 Å². The van der Waals surface area contributed by atoms with Gasteiger partial charge in [-0.3, -0.25) is 0 Å². The summed E-state index contributed by atoms with van der Waals surface area (Å²) in [6.45, 7) is 6.23. The van der Waals surface area contributed by atoms with E-state index in [0.29, 0.717) is 16.7 Å². The fraction of sp³-hybridized carbons (Fsp3) is 0.412. The molecule has 0 N–H and O–H groups in total. The molecule has 23 heavy (non-hydrogen) atoms. The number of ether oxygens (including phenoxy) is 1. The van der Waals surface area contributed by atoms with Crippen LogP contribution >= 0.6 is 23.2 Å². The van der Waals surface area contributed by atoms with Crippen LogP contribution in [0.4, 0.5) is 5.82 Å². The van der Waals surface area contributed by atoms with Gasteiger partial charge in [0.05, 0.1) is 16.7 Å². The fourth-order valence-corrected chi connectivity index (χ4v) is 3.03. The third-order valence-corrected chi connectivity index (χ3v) is 4.68. The Morgan fingerprint density at radius 2 is 2.04 bits per heavy atom. The lowest BCUT2D eigenvalue weighted by Crippen LogP contribution is -2.39. The van der Waals surface area contributed by atoms with Gasteiger partial charge in [-0.05, 0) is 31.0 Å². The molecule has 1 aromatic heterocycles. The van der Waals surface area contributed by atoms with E-state index in [1.165, 1.54) is 0 Å². The molecule has 1 aliphatic heterocycles. The lowest BCUT2D eigenvalue weighted by molar-refractivity contribution is 0.0395. The van der Waals surface area contributed by atoms with Gasteiger partial charge < -0.3 is 9.64 Å². The highest BCUT2D eigenvalue weighted by Crippen LogP contribution is 2.30. The molecule has 1 fully saturated rings. The van der Waals surface area contributed by atoms with Gasteiger partial charge >= 0.3 is 0 Å². The first-order chi connectivity index (χ1) is 11.1. The summed E-state index contributed by atoms with van der Waals surface area (Å²) in [5, 5.41) is 1.11. The summed E-state index contributed by atoms with van der Waals surface area (Å²) in [6, 6.07) is 7.71. The van der Waals surface area contributed by atoms with Gasteiger partial charge in [0.1, 0.15) is 17.7 Å². The van der Waals surface area contributed by atoms with E-state index in [1.54, 1.807) is 0 Å². The molecule has 0 radical (unpaired) electrons. The second-order valence-corrected chi connectivity index (χ2v) is 6.41. The van der Waals surface area contributed by atoms with Crippen LogP contribution in [0.3, 0.4) is 0 Å². The topological polar surface area (TPSA) is 38.2 Å². The summed E-state index contributed by atoms with van der Waals surface area (Å²) in [6.07, 6.45) is 0.857. The van der Waals surface area contributed by atoms with Crippen molar-refractivity contribution in [2.24, 2.45) is 0 Å². The van der Waals surface area contributed by atoms with Gasteiger partial charge in [0.2, 0.25) is 0 Å². The van der Waals surface area contributed by atoms with Gasteiger partial charge in [0.15, 0.2) is 0 Å². The molecule has 1 aromatic carbocycles. The van der Waals surface area contributed by atoms with Crippen LogP contribution in [0.15, 0.2) is 24.3 Å². The minimum absolute atomic E-state index is 0.0427. The number of anilines is 1. The van der Waals surface area contributed by atoms with Crippen molar-refractivity contribution in [2.45, 2.75) is 26.4 Å². The van der Waals surface area contributed by atoms with Crippen molar-refractivity contribution in [3.63, 3.8) is 0 Å². The van der Waals surface area contributed by atoms with E-state index in [4.69, 9.17) is 27.9 Å². The van der Waals surface area contributed by atoms with E-state index in [2.05, 4.69) is 27.9 Å². The van der Waals surface area contributed by atoms with E-state index in [-0.39, 0.29) is 6.10 Å². The Kier molecular flexibility index (Phi) is 5.05. The third-order valence-electron chi connectivity index (χ3n) is 3.95. The largest absolute Gasteiger partial charge is 0.370 e. The van der Waals surface area contributed by atoms with Crippen LogP contribution in [-0.4, -0.2) is 29.7 Å². The molecule has 0 aliphatic carbocycles. The highest BCUT2D eigenvalue weighted by Gasteiger charge is 2.24. The molecule has 1 saturated heterocycles. The molecule has 2 heterocycles. The van der Waals surface area contributed by atoms with Crippen molar-refractivity contribution in [1.29, 1.82) is 0 Å². The van der Waals surface area contributed by atoms with Crippen molar-refractivity contribution in [1.82, 2.24) is 9.97 Å². The van der Waals surface area contributed by atoms with Crippen LogP contribution in [0.1, 0.15) is 30.1 Å². The number of aromatic nitrogens is 2. The van der Waals surface area contributed by atoms with Gasteiger partial charge in [-0.25, -0.2) is 9.97 Å². The molecular formula is C17H19Cl2N3O. The molecule has 6 heteroatoms. The predicted octanol–water partition coefficient (Wildman–Crippen LogP) is 4.23. The maximum absolute atomic E-state index is 6.13. The summed E-state index contributed by atoms with van der Waals surface area (Å²) in [4.78, 5) is 11.3. The number of hydrogen-bond acceptors (Lipinski definition) is 4. The minimum Gasteiger partial charge on any atom is -0.370 e. The number of aryl methyl sites for hydroxylation is 2. The summed E-state index contributed by atoms with van der Waals surface area (Å²) in [5.74, 6) is 1.76. The molecule has 1 aliphatic rings. The van der Waals surface area contributed by atoms with E-state index in [1.807, 2.05) is 25.1 Å². The van der Waals surface area contributed by atoms with Crippen LogP contribution in [0.2, 0.25) is 10.0 Å². The number of halogens is 2.